The van der Waals surface area contributed by atoms with Gasteiger partial charge in [0.25, 0.3) is 0 Å². The molecule has 0 spiro atoms. The highest BCUT2D eigenvalue weighted by molar-refractivity contribution is 7.94. The minimum Gasteiger partial charge on any atom is -0.379 e. The predicted octanol–water partition coefficient (Wildman–Crippen LogP) is 4.59. The van der Waals surface area contributed by atoms with Crippen molar-refractivity contribution >= 4 is 27.1 Å². The lowest BCUT2D eigenvalue weighted by molar-refractivity contribution is -0.00523. The number of nitrogens with one attached hydrogen (secondary N) is 2. The van der Waals surface area contributed by atoms with Gasteiger partial charge in [0, 0.05) is 31.0 Å². The second kappa shape index (κ2) is 9.04. The van der Waals surface area contributed by atoms with Gasteiger partial charge < -0.3 is 15.0 Å². The molecule has 0 unspecified atom stereocenters. The third-order valence-electron chi connectivity index (χ3n) is 5.23. The second-order valence-corrected chi connectivity index (χ2v) is 11.5. The molecule has 6 nitrogen and oxygen atoms in total. The van der Waals surface area contributed by atoms with E-state index in [2.05, 4.69) is 14.9 Å². The van der Waals surface area contributed by atoms with Crippen molar-refractivity contribution in [3.63, 3.8) is 0 Å². The summed E-state index contributed by atoms with van der Waals surface area (Å²) in [5, 5.41) is 3.11. The number of benzene rings is 2. The van der Waals surface area contributed by atoms with Crippen molar-refractivity contribution in [3.8, 4) is 0 Å². The Bertz CT molecular complexity index is 994. The first-order valence-electron chi connectivity index (χ1n) is 10.5. The standard InChI is InChI=1S/C23H32FN3O3S/c1-16-14-27(15-17(2)30-16)20-10-11-22(21(24)12-20)25-13-18-6-8-19(9-7-18)26-31(28,29)23(3,4)5/h6-12,16-17,25-26H,13-15H2,1-5H3/t16-,17+. The minimum absolute atomic E-state index is 0.112. The lowest BCUT2D eigenvalue weighted by Gasteiger charge is -2.37. The Balaban J connectivity index is 1.61. The molecule has 1 fully saturated rings. The van der Waals surface area contributed by atoms with Crippen LogP contribution in [0.4, 0.5) is 21.5 Å². The van der Waals surface area contributed by atoms with Gasteiger partial charge in [-0.1, -0.05) is 12.1 Å². The smallest absolute Gasteiger partial charge is 0.237 e. The lowest BCUT2D eigenvalue weighted by Crippen LogP contribution is -2.45. The van der Waals surface area contributed by atoms with E-state index in [4.69, 9.17) is 4.74 Å². The van der Waals surface area contributed by atoms with E-state index in [9.17, 15) is 12.8 Å². The average Bonchev–Trinajstić information content (AvgIpc) is 2.66. The van der Waals surface area contributed by atoms with E-state index >= 15 is 0 Å². The van der Waals surface area contributed by atoms with Crippen molar-refractivity contribution in [2.24, 2.45) is 0 Å². The van der Waals surface area contributed by atoms with Crippen molar-refractivity contribution in [3.05, 3.63) is 53.8 Å². The Kier molecular flexibility index (Phi) is 6.81. The van der Waals surface area contributed by atoms with E-state index in [0.717, 1.165) is 24.3 Å². The first-order valence-corrected chi connectivity index (χ1v) is 12.0. The van der Waals surface area contributed by atoms with Crippen LogP contribution in [0.2, 0.25) is 0 Å². The number of nitrogens with zero attached hydrogens (tertiary/aromatic N) is 1. The molecule has 2 aromatic rings. The molecule has 2 N–H and O–H groups in total. The van der Waals surface area contributed by atoms with E-state index in [1.54, 1.807) is 45.0 Å². The van der Waals surface area contributed by atoms with Crippen molar-refractivity contribution in [2.75, 3.05) is 28.0 Å². The average molecular weight is 450 g/mol. The predicted molar refractivity (Wildman–Crippen MR) is 125 cm³/mol. The highest BCUT2D eigenvalue weighted by Crippen LogP contribution is 2.26. The van der Waals surface area contributed by atoms with Crippen molar-refractivity contribution in [1.82, 2.24) is 0 Å². The van der Waals surface area contributed by atoms with Gasteiger partial charge in [-0.15, -0.1) is 0 Å². The molecule has 3 rings (SSSR count). The molecule has 1 heterocycles. The largest absolute Gasteiger partial charge is 0.379 e. The second-order valence-electron chi connectivity index (χ2n) is 9.09. The van der Waals surface area contributed by atoms with Crippen LogP contribution in [-0.2, 0) is 21.3 Å². The highest BCUT2D eigenvalue weighted by Gasteiger charge is 2.28. The zero-order valence-corrected chi connectivity index (χ0v) is 19.6. The molecule has 170 valence electrons. The summed E-state index contributed by atoms with van der Waals surface area (Å²) < 4.78 is 46.6. The molecule has 0 bridgehead atoms. The Labute approximate surface area is 184 Å². The summed E-state index contributed by atoms with van der Waals surface area (Å²) in [6.45, 7) is 10.9. The summed E-state index contributed by atoms with van der Waals surface area (Å²) in [5.74, 6) is -0.307. The van der Waals surface area contributed by atoms with Gasteiger partial charge in [0.1, 0.15) is 5.82 Å². The van der Waals surface area contributed by atoms with E-state index in [1.165, 1.54) is 0 Å². The van der Waals surface area contributed by atoms with Crippen LogP contribution in [-0.4, -0.2) is 38.5 Å². The van der Waals surface area contributed by atoms with Crippen LogP contribution in [0.5, 0.6) is 0 Å². The molecule has 1 aliphatic rings. The number of anilines is 3. The molecule has 0 amide bonds. The van der Waals surface area contributed by atoms with Crippen LogP contribution in [0.25, 0.3) is 0 Å². The van der Waals surface area contributed by atoms with Crippen LogP contribution < -0.4 is 14.9 Å². The molecule has 0 radical (unpaired) electrons. The number of ether oxygens (including phenoxy) is 1. The Morgan fingerprint density at radius 1 is 1.06 bits per heavy atom. The number of halogens is 1. The van der Waals surface area contributed by atoms with Gasteiger partial charge in [-0.05, 0) is 70.5 Å². The van der Waals surface area contributed by atoms with Crippen LogP contribution in [0.3, 0.4) is 0 Å². The molecule has 0 saturated carbocycles. The third-order valence-corrected chi connectivity index (χ3v) is 7.35. The molecule has 1 aliphatic heterocycles. The van der Waals surface area contributed by atoms with E-state index in [-0.39, 0.29) is 18.0 Å². The zero-order chi connectivity index (χ0) is 22.8. The van der Waals surface area contributed by atoms with Crippen LogP contribution in [0, 0.1) is 5.82 Å². The number of hydrogen-bond acceptors (Lipinski definition) is 5. The van der Waals surface area contributed by atoms with Crippen molar-refractivity contribution < 1.29 is 17.5 Å². The maximum Gasteiger partial charge on any atom is 0.237 e. The van der Waals surface area contributed by atoms with E-state index in [1.807, 2.05) is 32.0 Å². The SMILES string of the molecule is C[C@@H]1CN(c2ccc(NCc3ccc(NS(=O)(=O)C(C)(C)C)cc3)c(F)c2)C[C@H](C)O1. The first kappa shape index (κ1) is 23.3. The van der Waals surface area contributed by atoms with Gasteiger partial charge in [0.15, 0.2) is 0 Å². The molecule has 1 saturated heterocycles. The van der Waals surface area contributed by atoms with Crippen molar-refractivity contribution in [1.29, 1.82) is 0 Å². The Hall–Kier alpha value is -2.32. The summed E-state index contributed by atoms with van der Waals surface area (Å²) in [5.41, 5.74) is 2.69. The molecule has 2 atom stereocenters. The molecule has 8 heteroatoms. The zero-order valence-electron chi connectivity index (χ0n) is 18.8. The fourth-order valence-corrected chi connectivity index (χ4v) is 4.18. The molecular formula is C23H32FN3O3S. The van der Waals surface area contributed by atoms with Crippen LogP contribution in [0.15, 0.2) is 42.5 Å². The van der Waals surface area contributed by atoms with Gasteiger partial charge in [0.2, 0.25) is 10.0 Å². The molecule has 2 aromatic carbocycles. The summed E-state index contributed by atoms with van der Waals surface area (Å²) >= 11 is 0. The van der Waals surface area contributed by atoms with E-state index in [0.29, 0.717) is 17.9 Å². The highest BCUT2D eigenvalue weighted by atomic mass is 32.2. The molecule has 0 aromatic heterocycles. The summed E-state index contributed by atoms with van der Waals surface area (Å²) in [6.07, 6.45) is 0.223. The molecule has 31 heavy (non-hydrogen) atoms. The minimum atomic E-state index is -3.47. The fourth-order valence-electron chi connectivity index (χ4n) is 3.43. The maximum atomic E-state index is 14.7. The summed E-state index contributed by atoms with van der Waals surface area (Å²) in [7, 11) is -3.47. The third kappa shape index (κ3) is 5.89. The number of morpholine rings is 1. The quantitative estimate of drug-likeness (QED) is 0.675. The molecule has 0 aliphatic carbocycles. The lowest BCUT2D eigenvalue weighted by atomic mass is 10.1. The van der Waals surface area contributed by atoms with Crippen LogP contribution in [0.1, 0.15) is 40.2 Å². The van der Waals surface area contributed by atoms with Gasteiger partial charge in [-0.3, -0.25) is 4.72 Å². The van der Waals surface area contributed by atoms with E-state index < -0.39 is 14.8 Å². The topological polar surface area (TPSA) is 70.7 Å². The first-order chi connectivity index (χ1) is 14.4. The normalized spacial score (nSPS) is 19.9. The Morgan fingerprint density at radius 2 is 1.68 bits per heavy atom. The summed E-state index contributed by atoms with van der Waals surface area (Å²) in [4.78, 5) is 2.14. The maximum absolute atomic E-state index is 14.7. The van der Waals surface area contributed by atoms with Gasteiger partial charge in [-0.2, -0.15) is 0 Å². The van der Waals surface area contributed by atoms with Gasteiger partial charge in [-0.25, -0.2) is 12.8 Å². The number of rotatable bonds is 6. The number of hydrogen-bond donors (Lipinski definition) is 2. The van der Waals surface area contributed by atoms with Crippen molar-refractivity contribution in [2.45, 2.75) is 58.1 Å². The van der Waals surface area contributed by atoms with Gasteiger partial charge in [0.05, 0.1) is 22.6 Å². The Morgan fingerprint density at radius 3 is 2.23 bits per heavy atom. The fraction of sp³-hybridized carbons (Fsp3) is 0.478. The van der Waals surface area contributed by atoms with Gasteiger partial charge >= 0.3 is 0 Å². The monoisotopic (exact) mass is 449 g/mol. The van der Waals surface area contributed by atoms with Crippen LogP contribution >= 0.6 is 0 Å². The summed E-state index contributed by atoms with van der Waals surface area (Å²) in [6, 6.07) is 12.3. The number of sulfonamides is 1. The molecular weight excluding hydrogens is 417 g/mol.